The zero-order valence-corrected chi connectivity index (χ0v) is 18.5. The fourth-order valence-corrected chi connectivity index (χ4v) is 5.14. The first-order valence-corrected chi connectivity index (χ1v) is 11.6. The number of piperidine rings is 3. The Kier molecular flexibility index (Phi) is 5.05. The molecule has 0 aliphatic carbocycles. The minimum Gasteiger partial charge on any atom is -0.454 e. The van der Waals surface area contributed by atoms with Crippen molar-refractivity contribution in [3.05, 3.63) is 77.5 Å². The lowest BCUT2D eigenvalue weighted by Crippen LogP contribution is -2.58. The summed E-state index contributed by atoms with van der Waals surface area (Å²) in [6, 6.07) is 18.4. The average molecular weight is 439 g/mol. The van der Waals surface area contributed by atoms with Crippen LogP contribution in [0.2, 0.25) is 0 Å². The van der Waals surface area contributed by atoms with Crippen molar-refractivity contribution in [2.75, 3.05) is 26.4 Å². The van der Waals surface area contributed by atoms with Crippen LogP contribution in [-0.2, 0) is 6.42 Å². The maximum absolute atomic E-state index is 11.3. The van der Waals surface area contributed by atoms with Crippen molar-refractivity contribution in [1.29, 1.82) is 0 Å². The van der Waals surface area contributed by atoms with Gasteiger partial charge in [-0.3, -0.25) is 9.88 Å². The molecule has 0 saturated carbocycles. The Hall–Kier alpha value is -3.33. The van der Waals surface area contributed by atoms with Crippen LogP contribution in [0.1, 0.15) is 29.5 Å². The summed E-state index contributed by atoms with van der Waals surface area (Å²) in [5.74, 6) is 8.33. The highest BCUT2D eigenvalue weighted by molar-refractivity contribution is 5.66. The molecule has 4 aliphatic heterocycles. The van der Waals surface area contributed by atoms with Crippen molar-refractivity contribution in [2.24, 2.45) is 5.92 Å². The average Bonchev–Trinajstić information content (AvgIpc) is 3.32. The van der Waals surface area contributed by atoms with E-state index < -0.39 is 5.60 Å². The van der Waals surface area contributed by atoms with E-state index in [9.17, 15) is 5.11 Å². The lowest BCUT2D eigenvalue weighted by atomic mass is 9.75. The molecule has 3 saturated heterocycles. The number of ether oxygens (including phenoxy) is 2. The summed E-state index contributed by atoms with van der Waals surface area (Å²) in [5.41, 5.74) is 4.09. The Balaban J connectivity index is 1.37. The Morgan fingerprint density at radius 1 is 1.03 bits per heavy atom. The predicted molar refractivity (Wildman–Crippen MR) is 126 cm³/mol. The van der Waals surface area contributed by atoms with E-state index in [-0.39, 0.29) is 12.7 Å². The molecule has 1 N–H and O–H groups in total. The van der Waals surface area contributed by atoms with Crippen LogP contribution < -0.4 is 9.47 Å². The van der Waals surface area contributed by atoms with Crippen molar-refractivity contribution in [3.63, 3.8) is 0 Å². The minimum absolute atomic E-state index is 0.251. The van der Waals surface area contributed by atoms with Crippen molar-refractivity contribution < 1.29 is 14.6 Å². The minimum atomic E-state index is -0.934. The van der Waals surface area contributed by atoms with Gasteiger partial charge in [-0.15, -0.1) is 0 Å². The Labute approximate surface area is 194 Å². The van der Waals surface area contributed by atoms with E-state index in [1.807, 2.05) is 30.5 Å². The topological polar surface area (TPSA) is 54.8 Å². The first kappa shape index (κ1) is 20.3. The van der Waals surface area contributed by atoms with Gasteiger partial charge in [-0.25, -0.2) is 0 Å². The molecule has 5 heterocycles. The van der Waals surface area contributed by atoms with Gasteiger partial charge in [0, 0.05) is 29.8 Å². The van der Waals surface area contributed by atoms with E-state index in [0.29, 0.717) is 6.54 Å². The van der Waals surface area contributed by atoms with Crippen molar-refractivity contribution in [2.45, 2.75) is 24.9 Å². The SMILES string of the molecule is OC1(C#Cc2cnc(-c3ccc4c(c3)OCO4)cc2Cc2ccccc2)CN2CCC1CC2. The van der Waals surface area contributed by atoms with Gasteiger partial charge < -0.3 is 14.6 Å². The second-order valence-electron chi connectivity index (χ2n) is 9.18. The lowest BCUT2D eigenvalue weighted by Gasteiger charge is -2.47. The first-order chi connectivity index (χ1) is 16.2. The fourth-order valence-electron chi connectivity index (χ4n) is 5.14. The molecule has 2 bridgehead atoms. The number of hydrogen-bond acceptors (Lipinski definition) is 5. The summed E-state index contributed by atoms with van der Waals surface area (Å²) >= 11 is 0. The van der Waals surface area contributed by atoms with Crippen LogP contribution in [0.3, 0.4) is 0 Å². The van der Waals surface area contributed by atoms with Crippen LogP contribution in [0.5, 0.6) is 11.5 Å². The fraction of sp³-hybridized carbons (Fsp3) is 0.321. The highest BCUT2D eigenvalue weighted by Crippen LogP contribution is 2.37. The number of hydrogen-bond donors (Lipinski definition) is 1. The molecule has 2 aromatic carbocycles. The normalized spacial score (nSPS) is 24.9. The van der Waals surface area contributed by atoms with E-state index >= 15 is 0 Å². The van der Waals surface area contributed by atoms with E-state index in [2.05, 4.69) is 47.1 Å². The van der Waals surface area contributed by atoms with Crippen molar-refractivity contribution in [1.82, 2.24) is 9.88 Å². The molecule has 1 unspecified atom stereocenters. The summed E-state index contributed by atoms with van der Waals surface area (Å²) in [6.07, 6.45) is 4.63. The number of fused-ring (bicyclic) bond motifs is 4. The second-order valence-corrected chi connectivity index (χ2v) is 9.18. The Morgan fingerprint density at radius 2 is 1.85 bits per heavy atom. The number of aromatic nitrogens is 1. The molecule has 0 radical (unpaired) electrons. The maximum Gasteiger partial charge on any atom is 0.231 e. The third kappa shape index (κ3) is 3.97. The number of aliphatic hydroxyl groups is 1. The summed E-state index contributed by atoms with van der Waals surface area (Å²) in [4.78, 5) is 7.04. The summed E-state index contributed by atoms with van der Waals surface area (Å²) in [7, 11) is 0. The van der Waals surface area contributed by atoms with Gasteiger partial charge in [0.2, 0.25) is 6.79 Å². The molecular weight excluding hydrogens is 412 g/mol. The molecule has 166 valence electrons. The second kappa shape index (κ2) is 8.22. The molecule has 7 rings (SSSR count). The summed E-state index contributed by atoms with van der Waals surface area (Å²) in [6.45, 7) is 3.03. The quantitative estimate of drug-likeness (QED) is 0.629. The molecule has 5 heteroatoms. The monoisotopic (exact) mass is 438 g/mol. The van der Waals surface area contributed by atoms with E-state index in [0.717, 1.165) is 66.2 Å². The molecule has 5 nitrogen and oxygen atoms in total. The molecule has 3 fully saturated rings. The van der Waals surface area contributed by atoms with Crippen LogP contribution in [0.4, 0.5) is 0 Å². The molecule has 1 atom stereocenters. The number of pyridine rings is 1. The number of nitrogens with zero attached hydrogens (tertiary/aromatic N) is 2. The molecule has 0 spiro atoms. The zero-order chi connectivity index (χ0) is 22.3. The highest BCUT2D eigenvalue weighted by atomic mass is 16.7. The van der Waals surface area contributed by atoms with Crippen molar-refractivity contribution >= 4 is 0 Å². The number of benzene rings is 2. The lowest BCUT2D eigenvalue weighted by molar-refractivity contribution is -0.0713. The maximum atomic E-state index is 11.3. The molecular formula is C28H26N2O3. The van der Waals surface area contributed by atoms with Crippen LogP contribution in [0, 0.1) is 17.8 Å². The Morgan fingerprint density at radius 3 is 2.64 bits per heavy atom. The summed E-state index contributed by atoms with van der Waals surface area (Å²) in [5, 5.41) is 11.3. The third-order valence-electron chi connectivity index (χ3n) is 7.04. The van der Waals surface area contributed by atoms with Crippen LogP contribution in [0.25, 0.3) is 11.3 Å². The summed E-state index contributed by atoms with van der Waals surface area (Å²) < 4.78 is 11.0. The molecule has 33 heavy (non-hydrogen) atoms. The Bertz CT molecular complexity index is 1240. The van der Waals surface area contributed by atoms with Gasteiger partial charge in [0.25, 0.3) is 0 Å². The first-order valence-electron chi connectivity index (χ1n) is 11.6. The van der Waals surface area contributed by atoms with Gasteiger partial charge in [-0.2, -0.15) is 0 Å². The van der Waals surface area contributed by atoms with Crippen LogP contribution in [0.15, 0.2) is 60.8 Å². The van der Waals surface area contributed by atoms with Gasteiger partial charge in [-0.05, 0) is 67.7 Å². The zero-order valence-electron chi connectivity index (χ0n) is 18.5. The van der Waals surface area contributed by atoms with Gasteiger partial charge in [0.1, 0.15) is 5.60 Å². The van der Waals surface area contributed by atoms with Gasteiger partial charge in [0.05, 0.1) is 5.69 Å². The van der Waals surface area contributed by atoms with Crippen LogP contribution >= 0.6 is 0 Å². The van der Waals surface area contributed by atoms with E-state index in [4.69, 9.17) is 14.5 Å². The van der Waals surface area contributed by atoms with Gasteiger partial charge >= 0.3 is 0 Å². The van der Waals surface area contributed by atoms with E-state index in [1.54, 1.807) is 0 Å². The smallest absolute Gasteiger partial charge is 0.231 e. The molecule has 4 aliphatic rings. The standard InChI is InChI=1S/C28H26N2O3/c31-28(18-30-12-9-24(28)10-13-30)11-8-22-17-29-25(15-23(22)14-20-4-2-1-3-5-20)21-6-7-26-27(16-21)33-19-32-26/h1-7,15-17,24,31H,9-10,12-14,18-19H2. The number of rotatable bonds is 3. The molecule has 3 aromatic rings. The highest BCUT2D eigenvalue weighted by Gasteiger charge is 2.44. The van der Waals surface area contributed by atoms with E-state index in [1.165, 1.54) is 5.56 Å². The van der Waals surface area contributed by atoms with Gasteiger partial charge in [0.15, 0.2) is 11.5 Å². The third-order valence-corrected chi connectivity index (χ3v) is 7.04. The van der Waals surface area contributed by atoms with Gasteiger partial charge in [-0.1, -0.05) is 42.2 Å². The van der Waals surface area contributed by atoms with Crippen LogP contribution in [-0.4, -0.2) is 47.0 Å². The predicted octanol–water partition coefficient (Wildman–Crippen LogP) is 3.88. The van der Waals surface area contributed by atoms with Crippen molar-refractivity contribution in [3.8, 4) is 34.6 Å². The molecule has 0 amide bonds. The molecule has 1 aromatic heterocycles. The largest absolute Gasteiger partial charge is 0.454 e.